The second kappa shape index (κ2) is 5.95. The van der Waals surface area contributed by atoms with Crippen molar-refractivity contribution in [3.63, 3.8) is 0 Å². The summed E-state index contributed by atoms with van der Waals surface area (Å²) in [7, 11) is 0. The average molecular weight is 220 g/mol. The van der Waals surface area contributed by atoms with Gasteiger partial charge in [-0.2, -0.15) is 0 Å². The van der Waals surface area contributed by atoms with Crippen LogP contribution in [0.1, 0.15) is 25.0 Å². The first-order valence-corrected chi connectivity index (χ1v) is 5.34. The zero-order valence-electron chi connectivity index (χ0n) is 9.56. The maximum absolute atomic E-state index is 11.1. The van der Waals surface area contributed by atoms with Gasteiger partial charge in [-0.05, 0) is 42.7 Å². The van der Waals surface area contributed by atoms with Gasteiger partial charge in [0.15, 0.2) is 0 Å². The van der Waals surface area contributed by atoms with Crippen LogP contribution >= 0.6 is 0 Å². The van der Waals surface area contributed by atoms with Crippen LogP contribution in [0.15, 0.2) is 24.3 Å². The zero-order valence-corrected chi connectivity index (χ0v) is 9.56. The summed E-state index contributed by atoms with van der Waals surface area (Å²) in [4.78, 5) is 11.1. The van der Waals surface area contributed by atoms with Crippen molar-refractivity contribution in [2.24, 2.45) is 0 Å². The van der Waals surface area contributed by atoms with E-state index in [1.54, 1.807) is 31.2 Å². The molecule has 1 aromatic rings. The molecule has 0 atom stereocenters. The van der Waals surface area contributed by atoms with Gasteiger partial charge in [-0.1, -0.05) is 13.0 Å². The SMILES string of the molecule is CCOC(=O)C=Cc1ccc(O)cc1CC. The molecular formula is C13H16O3. The van der Waals surface area contributed by atoms with E-state index in [-0.39, 0.29) is 11.7 Å². The van der Waals surface area contributed by atoms with Gasteiger partial charge in [-0.25, -0.2) is 4.79 Å². The third kappa shape index (κ3) is 3.42. The zero-order chi connectivity index (χ0) is 12.0. The minimum absolute atomic E-state index is 0.241. The van der Waals surface area contributed by atoms with Crippen LogP contribution < -0.4 is 0 Å². The van der Waals surface area contributed by atoms with Crippen molar-refractivity contribution in [2.75, 3.05) is 6.61 Å². The number of ether oxygens (including phenoxy) is 1. The molecule has 0 aromatic heterocycles. The van der Waals surface area contributed by atoms with Gasteiger partial charge in [0.2, 0.25) is 0 Å². The fourth-order valence-corrected chi connectivity index (χ4v) is 1.41. The molecule has 0 heterocycles. The monoisotopic (exact) mass is 220 g/mol. The van der Waals surface area contributed by atoms with E-state index in [1.807, 2.05) is 6.92 Å². The second-order valence-electron chi connectivity index (χ2n) is 3.32. The molecule has 1 N–H and O–H groups in total. The molecule has 1 rings (SSSR count). The molecule has 1 aromatic carbocycles. The molecule has 0 aliphatic rings. The molecule has 3 heteroatoms. The van der Waals surface area contributed by atoms with Gasteiger partial charge in [-0.3, -0.25) is 0 Å². The molecule has 0 unspecified atom stereocenters. The maximum Gasteiger partial charge on any atom is 0.330 e. The van der Waals surface area contributed by atoms with Gasteiger partial charge >= 0.3 is 5.97 Å². The molecule has 0 amide bonds. The average Bonchev–Trinajstić information content (AvgIpc) is 2.27. The Labute approximate surface area is 95.4 Å². The molecule has 16 heavy (non-hydrogen) atoms. The number of rotatable bonds is 4. The minimum Gasteiger partial charge on any atom is -0.508 e. The largest absolute Gasteiger partial charge is 0.508 e. The molecule has 0 radical (unpaired) electrons. The van der Waals surface area contributed by atoms with Gasteiger partial charge in [0.05, 0.1) is 6.61 Å². The molecule has 0 aliphatic heterocycles. The Morgan fingerprint density at radius 3 is 2.81 bits per heavy atom. The van der Waals surface area contributed by atoms with Gasteiger partial charge < -0.3 is 9.84 Å². The van der Waals surface area contributed by atoms with E-state index in [9.17, 15) is 9.90 Å². The van der Waals surface area contributed by atoms with Crippen molar-refractivity contribution < 1.29 is 14.6 Å². The van der Waals surface area contributed by atoms with Crippen molar-refractivity contribution >= 4 is 12.0 Å². The van der Waals surface area contributed by atoms with Crippen LogP contribution in [0, 0.1) is 0 Å². The normalized spacial score (nSPS) is 10.6. The number of carbonyl (C=O) groups excluding carboxylic acids is 1. The number of phenols is 1. The number of benzene rings is 1. The van der Waals surface area contributed by atoms with Crippen molar-refractivity contribution in [3.05, 3.63) is 35.4 Å². The molecule has 3 nitrogen and oxygen atoms in total. The van der Waals surface area contributed by atoms with Crippen LogP contribution in [0.5, 0.6) is 5.75 Å². The van der Waals surface area contributed by atoms with E-state index in [2.05, 4.69) is 0 Å². The third-order valence-electron chi connectivity index (χ3n) is 2.19. The van der Waals surface area contributed by atoms with Crippen LogP contribution in [0.25, 0.3) is 6.08 Å². The van der Waals surface area contributed by atoms with Gasteiger partial charge in [0.1, 0.15) is 5.75 Å². The first-order chi connectivity index (χ1) is 7.67. The Balaban J connectivity index is 2.84. The summed E-state index contributed by atoms with van der Waals surface area (Å²) < 4.78 is 4.79. The van der Waals surface area contributed by atoms with Gasteiger partial charge in [-0.15, -0.1) is 0 Å². The van der Waals surface area contributed by atoms with E-state index < -0.39 is 0 Å². The highest BCUT2D eigenvalue weighted by Crippen LogP contribution is 2.18. The van der Waals surface area contributed by atoms with E-state index in [4.69, 9.17) is 4.74 Å². The fraction of sp³-hybridized carbons (Fsp3) is 0.308. The number of aromatic hydroxyl groups is 1. The standard InChI is InChI=1S/C13H16O3/c1-3-10-9-12(14)7-5-11(10)6-8-13(15)16-4-2/h5-9,14H,3-4H2,1-2H3. The third-order valence-corrected chi connectivity index (χ3v) is 2.19. The lowest BCUT2D eigenvalue weighted by Crippen LogP contribution is -1.98. The van der Waals surface area contributed by atoms with Gasteiger partial charge in [0, 0.05) is 6.08 Å². The Bertz CT molecular complexity index is 394. The highest BCUT2D eigenvalue weighted by Gasteiger charge is 2.00. The number of hydrogen-bond acceptors (Lipinski definition) is 3. The summed E-state index contributed by atoms with van der Waals surface area (Å²) in [5, 5.41) is 9.31. The minimum atomic E-state index is -0.349. The summed E-state index contributed by atoms with van der Waals surface area (Å²) in [6, 6.07) is 5.08. The Morgan fingerprint density at radius 1 is 1.44 bits per heavy atom. The highest BCUT2D eigenvalue weighted by atomic mass is 16.5. The predicted molar refractivity (Wildman–Crippen MR) is 63.2 cm³/mol. The Hall–Kier alpha value is -1.77. The van der Waals surface area contributed by atoms with E-state index in [1.165, 1.54) is 6.08 Å². The molecule has 0 saturated heterocycles. The first-order valence-electron chi connectivity index (χ1n) is 5.34. The lowest BCUT2D eigenvalue weighted by atomic mass is 10.0. The van der Waals surface area contributed by atoms with Crippen LogP contribution in [0.2, 0.25) is 0 Å². The van der Waals surface area contributed by atoms with Crippen molar-refractivity contribution in [1.82, 2.24) is 0 Å². The molecule has 86 valence electrons. The van der Waals surface area contributed by atoms with Crippen LogP contribution in [0.3, 0.4) is 0 Å². The fourth-order valence-electron chi connectivity index (χ4n) is 1.41. The molecule has 0 spiro atoms. The van der Waals surface area contributed by atoms with Gasteiger partial charge in [0.25, 0.3) is 0 Å². The van der Waals surface area contributed by atoms with E-state index >= 15 is 0 Å². The summed E-state index contributed by atoms with van der Waals surface area (Å²) in [5.41, 5.74) is 1.92. The quantitative estimate of drug-likeness (QED) is 0.626. The summed E-state index contributed by atoms with van der Waals surface area (Å²) >= 11 is 0. The summed E-state index contributed by atoms with van der Waals surface area (Å²) in [6.07, 6.45) is 3.90. The van der Waals surface area contributed by atoms with Crippen molar-refractivity contribution in [3.8, 4) is 5.75 Å². The van der Waals surface area contributed by atoms with Crippen molar-refractivity contribution in [1.29, 1.82) is 0 Å². The first kappa shape index (κ1) is 12.3. The number of hydrogen-bond donors (Lipinski definition) is 1. The Kier molecular flexibility index (Phi) is 4.58. The molecule has 0 fully saturated rings. The number of phenolic OH excluding ortho intramolecular Hbond substituents is 1. The molecule has 0 saturated carbocycles. The van der Waals surface area contributed by atoms with Crippen molar-refractivity contribution in [2.45, 2.75) is 20.3 Å². The lowest BCUT2D eigenvalue weighted by molar-refractivity contribution is -0.137. The number of esters is 1. The number of aryl methyl sites for hydroxylation is 1. The lowest BCUT2D eigenvalue weighted by Gasteiger charge is -2.03. The topological polar surface area (TPSA) is 46.5 Å². The van der Waals surface area contributed by atoms with E-state index in [0.29, 0.717) is 6.61 Å². The van der Waals surface area contributed by atoms with Crippen LogP contribution in [-0.4, -0.2) is 17.7 Å². The summed E-state index contributed by atoms with van der Waals surface area (Å²) in [5.74, 6) is -0.109. The highest BCUT2D eigenvalue weighted by molar-refractivity contribution is 5.87. The summed E-state index contributed by atoms with van der Waals surface area (Å²) in [6.45, 7) is 4.14. The van der Waals surface area contributed by atoms with E-state index in [0.717, 1.165) is 17.5 Å². The predicted octanol–water partition coefficient (Wildman–Crippen LogP) is 2.53. The Morgan fingerprint density at radius 2 is 2.19 bits per heavy atom. The second-order valence-corrected chi connectivity index (χ2v) is 3.32. The molecule has 0 bridgehead atoms. The van der Waals surface area contributed by atoms with Crippen LogP contribution in [0.4, 0.5) is 0 Å². The molecule has 0 aliphatic carbocycles. The number of carbonyl (C=O) groups is 1. The maximum atomic E-state index is 11.1. The molecular weight excluding hydrogens is 204 g/mol. The smallest absolute Gasteiger partial charge is 0.330 e. The van der Waals surface area contributed by atoms with Crippen LogP contribution in [-0.2, 0) is 16.0 Å².